The number of sulfonamides is 1. The molecule has 0 atom stereocenters. The van der Waals surface area contributed by atoms with Crippen molar-refractivity contribution in [2.24, 2.45) is 5.73 Å². The summed E-state index contributed by atoms with van der Waals surface area (Å²) in [6, 6.07) is 5.27. The quantitative estimate of drug-likeness (QED) is 0.743. The number of alkyl halides is 2. The van der Waals surface area contributed by atoms with E-state index >= 15 is 0 Å². The van der Waals surface area contributed by atoms with Gasteiger partial charge in [-0.2, -0.15) is 4.31 Å². The molecule has 1 amide bonds. The summed E-state index contributed by atoms with van der Waals surface area (Å²) < 4.78 is 57.6. The Balaban J connectivity index is 2.14. The van der Waals surface area contributed by atoms with E-state index in [2.05, 4.69) is 5.32 Å². The number of carbonyl (C=O) groups is 1. The van der Waals surface area contributed by atoms with Crippen LogP contribution in [0.3, 0.4) is 0 Å². The predicted octanol–water partition coefficient (Wildman–Crippen LogP) is 0.0313. The third-order valence-corrected chi connectivity index (χ3v) is 5.40. The molecule has 0 aromatic heterocycles. The molecule has 0 aliphatic carbocycles. The highest BCUT2D eigenvalue weighted by Crippen LogP contribution is 2.18. The van der Waals surface area contributed by atoms with Crippen molar-refractivity contribution < 1.29 is 26.7 Å². The van der Waals surface area contributed by atoms with Crippen LogP contribution < -0.4 is 11.1 Å². The number of nitrogens with one attached hydrogen (secondary N) is 1. The Morgan fingerprint density at radius 3 is 2.62 bits per heavy atom. The topological polar surface area (TPSA) is 102 Å². The first-order chi connectivity index (χ1) is 11.3. The molecule has 1 heterocycles. The Morgan fingerprint density at radius 2 is 2.00 bits per heavy atom. The van der Waals surface area contributed by atoms with Crippen LogP contribution in [0.5, 0.6) is 0 Å². The van der Waals surface area contributed by atoms with E-state index in [4.69, 9.17) is 10.5 Å². The largest absolute Gasteiger partial charge is 0.379 e. The molecule has 1 aliphatic rings. The van der Waals surface area contributed by atoms with Crippen LogP contribution >= 0.6 is 0 Å². The van der Waals surface area contributed by atoms with Crippen molar-refractivity contribution in [1.29, 1.82) is 0 Å². The number of rotatable bonds is 6. The molecule has 1 aliphatic heterocycles. The lowest BCUT2D eigenvalue weighted by Crippen LogP contribution is -2.42. The molecule has 1 aromatic rings. The predicted molar refractivity (Wildman–Crippen MR) is 82.4 cm³/mol. The van der Waals surface area contributed by atoms with Crippen molar-refractivity contribution in [1.82, 2.24) is 9.62 Å². The average Bonchev–Trinajstić information content (AvgIpc) is 2.60. The van der Waals surface area contributed by atoms with Crippen molar-refractivity contribution in [2.75, 3.05) is 39.4 Å². The van der Waals surface area contributed by atoms with Crippen LogP contribution in [-0.4, -0.2) is 63.9 Å². The maximum Gasteiger partial charge on any atom is 0.277 e. The van der Waals surface area contributed by atoms with Gasteiger partial charge in [0.1, 0.15) is 0 Å². The van der Waals surface area contributed by atoms with Gasteiger partial charge in [-0.3, -0.25) is 4.79 Å². The van der Waals surface area contributed by atoms with Crippen LogP contribution in [0.15, 0.2) is 29.2 Å². The van der Waals surface area contributed by atoms with E-state index in [1.165, 1.54) is 28.6 Å². The lowest BCUT2D eigenvalue weighted by Gasteiger charge is -2.26. The Labute approximate surface area is 138 Å². The number of morpholine rings is 1. The first-order valence-corrected chi connectivity index (χ1v) is 8.74. The van der Waals surface area contributed by atoms with Crippen LogP contribution in [0.1, 0.15) is 10.4 Å². The molecule has 0 unspecified atom stereocenters. The normalized spacial score (nSPS) is 16.8. The molecular formula is C14H19F2N3O4S. The fraction of sp³-hybridized carbons (Fsp3) is 0.500. The summed E-state index contributed by atoms with van der Waals surface area (Å²) in [5.74, 6) is -4.00. The zero-order valence-electron chi connectivity index (χ0n) is 12.9. The fourth-order valence-electron chi connectivity index (χ4n) is 2.12. The van der Waals surface area contributed by atoms with Crippen LogP contribution in [0.25, 0.3) is 0 Å². The van der Waals surface area contributed by atoms with Gasteiger partial charge in [0.2, 0.25) is 10.0 Å². The average molecular weight is 363 g/mol. The van der Waals surface area contributed by atoms with Crippen molar-refractivity contribution in [3.63, 3.8) is 0 Å². The summed E-state index contributed by atoms with van der Waals surface area (Å²) in [5, 5.41) is 2.05. The van der Waals surface area contributed by atoms with Gasteiger partial charge < -0.3 is 15.8 Å². The van der Waals surface area contributed by atoms with Crippen LogP contribution in [-0.2, 0) is 14.8 Å². The second-order valence-corrected chi connectivity index (χ2v) is 7.22. The Morgan fingerprint density at radius 1 is 1.33 bits per heavy atom. The number of carbonyl (C=O) groups excluding carboxylic acids is 1. The van der Waals surface area contributed by atoms with Crippen LogP contribution in [0.2, 0.25) is 0 Å². The second-order valence-electron chi connectivity index (χ2n) is 5.29. The molecule has 134 valence electrons. The zero-order valence-corrected chi connectivity index (χ0v) is 13.7. The van der Waals surface area contributed by atoms with Crippen LogP contribution in [0, 0.1) is 0 Å². The molecule has 0 saturated carbocycles. The highest BCUT2D eigenvalue weighted by atomic mass is 32.2. The zero-order chi connectivity index (χ0) is 17.8. The number of ether oxygens (including phenoxy) is 1. The first-order valence-electron chi connectivity index (χ1n) is 7.30. The minimum Gasteiger partial charge on any atom is -0.379 e. The molecule has 0 radical (unpaired) electrons. The SMILES string of the molecule is NCC(F)(F)CNC(=O)c1cccc(S(=O)(=O)N2CCOCC2)c1. The summed E-state index contributed by atoms with van der Waals surface area (Å²) in [4.78, 5) is 11.9. The van der Waals surface area contributed by atoms with Gasteiger partial charge in [0.15, 0.2) is 0 Å². The highest BCUT2D eigenvalue weighted by Gasteiger charge is 2.29. The number of amides is 1. The molecule has 0 bridgehead atoms. The highest BCUT2D eigenvalue weighted by molar-refractivity contribution is 7.89. The summed E-state index contributed by atoms with van der Waals surface area (Å²) in [7, 11) is -3.76. The van der Waals surface area contributed by atoms with Crippen molar-refractivity contribution in [3.8, 4) is 0 Å². The Hall–Kier alpha value is -1.62. The van der Waals surface area contributed by atoms with E-state index in [-0.39, 0.29) is 23.5 Å². The van der Waals surface area contributed by atoms with Gasteiger partial charge in [-0.1, -0.05) is 6.07 Å². The molecule has 2 rings (SSSR count). The van der Waals surface area contributed by atoms with Gasteiger partial charge in [-0.15, -0.1) is 0 Å². The molecule has 1 aromatic carbocycles. The standard InChI is InChI=1S/C14H19F2N3O4S/c15-14(16,9-17)10-18-13(20)11-2-1-3-12(8-11)24(21,22)19-4-6-23-7-5-19/h1-3,8H,4-7,9-10,17H2,(H,18,20). The van der Waals surface area contributed by atoms with E-state index in [1.807, 2.05) is 0 Å². The summed E-state index contributed by atoms with van der Waals surface area (Å²) in [5.41, 5.74) is 4.88. The van der Waals surface area contributed by atoms with Gasteiger partial charge in [0, 0.05) is 18.7 Å². The minimum atomic E-state index is -3.76. The molecule has 10 heteroatoms. The molecule has 0 spiro atoms. The van der Waals surface area contributed by atoms with Crippen molar-refractivity contribution in [2.45, 2.75) is 10.8 Å². The minimum absolute atomic E-state index is 0.0165. The van der Waals surface area contributed by atoms with Gasteiger partial charge in [-0.25, -0.2) is 17.2 Å². The number of nitrogens with zero attached hydrogens (tertiary/aromatic N) is 1. The monoisotopic (exact) mass is 363 g/mol. The van der Waals surface area contributed by atoms with Gasteiger partial charge in [0.05, 0.1) is 31.2 Å². The third kappa shape index (κ3) is 4.47. The number of hydrogen-bond donors (Lipinski definition) is 2. The molecule has 1 fully saturated rings. The van der Waals surface area contributed by atoms with E-state index in [0.29, 0.717) is 13.2 Å². The fourth-order valence-corrected chi connectivity index (χ4v) is 3.57. The molecular weight excluding hydrogens is 344 g/mol. The van der Waals surface area contributed by atoms with E-state index in [1.54, 1.807) is 0 Å². The molecule has 3 N–H and O–H groups in total. The second kappa shape index (κ2) is 7.51. The third-order valence-electron chi connectivity index (χ3n) is 3.51. The maximum atomic E-state index is 13.1. The van der Waals surface area contributed by atoms with Gasteiger partial charge in [0.25, 0.3) is 11.8 Å². The first kappa shape index (κ1) is 18.7. The molecule has 1 saturated heterocycles. The van der Waals surface area contributed by atoms with Gasteiger partial charge in [-0.05, 0) is 18.2 Å². The lowest BCUT2D eigenvalue weighted by molar-refractivity contribution is 0.0118. The van der Waals surface area contributed by atoms with Crippen LogP contribution in [0.4, 0.5) is 8.78 Å². The van der Waals surface area contributed by atoms with Crippen molar-refractivity contribution in [3.05, 3.63) is 29.8 Å². The summed E-state index contributed by atoms with van der Waals surface area (Å²) >= 11 is 0. The number of nitrogens with two attached hydrogens (primary N) is 1. The maximum absolute atomic E-state index is 13.1. The Bertz CT molecular complexity index is 691. The number of benzene rings is 1. The molecule has 24 heavy (non-hydrogen) atoms. The smallest absolute Gasteiger partial charge is 0.277 e. The van der Waals surface area contributed by atoms with Crippen molar-refractivity contribution >= 4 is 15.9 Å². The van der Waals surface area contributed by atoms with E-state index in [0.717, 1.165) is 0 Å². The number of halogens is 2. The van der Waals surface area contributed by atoms with Gasteiger partial charge >= 0.3 is 0 Å². The Kier molecular flexibility index (Phi) is 5.86. The number of hydrogen-bond acceptors (Lipinski definition) is 5. The lowest BCUT2D eigenvalue weighted by atomic mass is 10.2. The summed E-state index contributed by atoms with van der Waals surface area (Å²) in [6.07, 6.45) is 0. The van der Waals surface area contributed by atoms with E-state index in [9.17, 15) is 22.0 Å². The molecule has 7 nitrogen and oxygen atoms in total. The van der Waals surface area contributed by atoms with E-state index < -0.39 is 34.9 Å². The summed E-state index contributed by atoms with van der Waals surface area (Å²) in [6.45, 7) is -0.758.